The van der Waals surface area contributed by atoms with Crippen LogP contribution in [0.1, 0.15) is 26.2 Å². The van der Waals surface area contributed by atoms with Gasteiger partial charge in [0.25, 0.3) is 0 Å². The zero-order valence-electron chi connectivity index (χ0n) is 14.7. The molecule has 1 aliphatic rings. The maximum atomic E-state index is 5.77. The van der Waals surface area contributed by atoms with Gasteiger partial charge in [0.15, 0.2) is 5.96 Å². The minimum absolute atomic E-state index is 0.671. The van der Waals surface area contributed by atoms with Crippen molar-refractivity contribution in [3.63, 3.8) is 0 Å². The first-order valence-electron chi connectivity index (χ1n) is 9.02. The van der Waals surface area contributed by atoms with Gasteiger partial charge in [-0.1, -0.05) is 0 Å². The summed E-state index contributed by atoms with van der Waals surface area (Å²) in [6, 6.07) is 0. The van der Waals surface area contributed by atoms with Crippen LogP contribution >= 0.6 is 0 Å². The molecule has 1 saturated heterocycles. The van der Waals surface area contributed by atoms with E-state index in [1.165, 1.54) is 0 Å². The molecule has 0 aromatic carbocycles. The molecule has 0 bridgehead atoms. The number of nitrogens with zero attached hydrogens (tertiary/aromatic N) is 3. The Balaban J connectivity index is 1.54. The zero-order chi connectivity index (χ0) is 16.9. The van der Waals surface area contributed by atoms with Crippen molar-refractivity contribution in [3.8, 4) is 0 Å². The van der Waals surface area contributed by atoms with Gasteiger partial charge >= 0.3 is 0 Å². The predicted octanol–water partition coefficient (Wildman–Crippen LogP) is 1.27. The molecule has 2 N–H and O–H groups in total. The lowest BCUT2D eigenvalue weighted by Gasteiger charge is -2.21. The van der Waals surface area contributed by atoms with Crippen molar-refractivity contribution in [2.45, 2.75) is 32.7 Å². The predicted molar refractivity (Wildman–Crippen MR) is 95.2 cm³/mol. The third-order valence-corrected chi connectivity index (χ3v) is 3.98. The van der Waals surface area contributed by atoms with Crippen molar-refractivity contribution < 1.29 is 9.47 Å². The van der Waals surface area contributed by atoms with Crippen LogP contribution in [0.3, 0.4) is 0 Å². The van der Waals surface area contributed by atoms with Gasteiger partial charge in [0, 0.05) is 65.0 Å². The molecule has 0 radical (unpaired) electrons. The van der Waals surface area contributed by atoms with Gasteiger partial charge in [0.2, 0.25) is 0 Å². The highest BCUT2D eigenvalue weighted by molar-refractivity contribution is 5.79. The van der Waals surface area contributed by atoms with Crippen molar-refractivity contribution >= 4 is 5.96 Å². The van der Waals surface area contributed by atoms with Crippen LogP contribution in [0.2, 0.25) is 0 Å². The van der Waals surface area contributed by atoms with Crippen LogP contribution in [0, 0.1) is 5.92 Å². The summed E-state index contributed by atoms with van der Waals surface area (Å²) in [5, 5.41) is 6.60. The van der Waals surface area contributed by atoms with Crippen molar-refractivity contribution in [2.24, 2.45) is 10.9 Å². The van der Waals surface area contributed by atoms with E-state index in [-0.39, 0.29) is 0 Å². The van der Waals surface area contributed by atoms with E-state index in [2.05, 4.69) is 27.5 Å². The van der Waals surface area contributed by atoms with E-state index in [9.17, 15) is 0 Å². The standard InChI is InChI=1S/C17H31N5O2/c1-2-19-17(21-8-10-22-9-7-18-15-22)20-6-3-11-24-14-16-4-12-23-13-5-16/h7,9,15-16H,2-6,8,10-14H2,1H3,(H2,19,20,21). The number of ether oxygens (including phenoxy) is 2. The number of hydrogen-bond acceptors (Lipinski definition) is 4. The number of aromatic nitrogens is 2. The largest absolute Gasteiger partial charge is 0.381 e. The topological polar surface area (TPSA) is 72.7 Å². The molecule has 2 heterocycles. The SMILES string of the molecule is CCNC(=NCCCOCC1CCOCC1)NCCn1ccnc1. The normalized spacial score (nSPS) is 16.3. The number of rotatable bonds is 10. The number of guanidine groups is 1. The summed E-state index contributed by atoms with van der Waals surface area (Å²) in [6.45, 7) is 8.80. The Morgan fingerprint density at radius 1 is 1.38 bits per heavy atom. The fourth-order valence-electron chi connectivity index (χ4n) is 2.58. The molecule has 0 atom stereocenters. The highest BCUT2D eigenvalue weighted by Gasteiger charge is 2.13. The fraction of sp³-hybridized carbons (Fsp3) is 0.765. The molecule has 7 heteroatoms. The van der Waals surface area contributed by atoms with E-state index in [1.54, 1.807) is 6.20 Å². The summed E-state index contributed by atoms with van der Waals surface area (Å²) in [7, 11) is 0. The van der Waals surface area contributed by atoms with Gasteiger partial charge in [0.1, 0.15) is 0 Å². The molecule has 1 aromatic rings. The highest BCUT2D eigenvalue weighted by atomic mass is 16.5. The van der Waals surface area contributed by atoms with Crippen LogP contribution in [0.4, 0.5) is 0 Å². The van der Waals surface area contributed by atoms with Crippen LogP contribution in [0.5, 0.6) is 0 Å². The second-order valence-corrected chi connectivity index (χ2v) is 5.97. The monoisotopic (exact) mass is 337 g/mol. The maximum Gasteiger partial charge on any atom is 0.191 e. The third-order valence-electron chi connectivity index (χ3n) is 3.98. The Bertz CT molecular complexity index is 444. The van der Waals surface area contributed by atoms with Crippen LogP contribution in [0.15, 0.2) is 23.7 Å². The fourth-order valence-corrected chi connectivity index (χ4v) is 2.58. The first kappa shape index (κ1) is 18.7. The highest BCUT2D eigenvalue weighted by Crippen LogP contribution is 2.14. The zero-order valence-corrected chi connectivity index (χ0v) is 14.7. The molecule has 1 fully saturated rings. The minimum Gasteiger partial charge on any atom is -0.381 e. The molecule has 1 aromatic heterocycles. The molecular formula is C17H31N5O2. The molecule has 0 saturated carbocycles. The third kappa shape index (κ3) is 7.79. The van der Waals surface area contributed by atoms with Crippen LogP contribution in [0.25, 0.3) is 0 Å². The van der Waals surface area contributed by atoms with E-state index in [4.69, 9.17) is 9.47 Å². The van der Waals surface area contributed by atoms with Gasteiger partial charge in [0.05, 0.1) is 6.33 Å². The summed E-state index contributed by atoms with van der Waals surface area (Å²) >= 11 is 0. The first-order valence-corrected chi connectivity index (χ1v) is 9.02. The average molecular weight is 337 g/mol. The molecular weight excluding hydrogens is 306 g/mol. The van der Waals surface area contributed by atoms with Crippen LogP contribution < -0.4 is 10.6 Å². The Kier molecular flexibility index (Phi) is 9.26. The molecule has 0 aliphatic carbocycles. The summed E-state index contributed by atoms with van der Waals surface area (Å²) in [5.41, 5.74) is 0. The molecule has 136 valence electrons. The van der Waals surface area contributed by atoms with E-state index in [1.807, 2.05) is 17.1 Å². The van der Waals surface area contributed by atoms with Gasteiger partial charge in [-0.25, -0.2) is 4.98 Å². The van der Waals surface area contributed by atoms with Gasteiger partial charge in [-0.15, -0.1) is 0 Å². The Labute approximate surface area is 144 Å². The lowest BCUT2D eigenvalue weighted by atomic mass is 10.0. The molecule has 0 spiro atoms. The molecule has 0 amide bonds. The number of hydrogen-bond donors (Lipinski definition) is 2. The Hall–Kier alpha value is -1.60. The Morgan fingerprint density at radius 3 is 3.00 bits per heavy atom. The van der Waals surface area contributed by atoms with Gasteiger partial charge in [-0.05, 0) is 32.1 Å². The number of imidazole rings is 1. The van der Waals surface area contributed by atoms with E-state index in [0.717, 1.165) is 77.8 Å². The minimum atomic E-state index is 0.671. The van der Waals surface area contributed by atoms with Crippen LogP contribution in [-0.2, 0) is 16.0 Å². The lowest BCUT2D eigenvalue weighted by molar-refractivity contribution is 0.0205. The van der Waals surface area contributed by atoms with Crippen molar-refractivity contribution in [1.29, 1.82) is 0 Å². The molecule has 24 heavy (non-hydrogen) atoms. The first-order chi connectivity index (χ1) is 11.9. The second kappa shape index (κ2) is 11.9. The molecule has 2 rings (SSSR count). The van der Waals surface area contributed by atoms with Crippen molar-refractivity contribution in [1.82, 2.24) is 20.2 Å². The Morgan fingerprint density at radius 2 is 2.25 bits per heavy atom. The molecule has 1 aliphatic heterocycles. The van der Waals surface area contributed by atoms with E-state index < -0.39 is 0 Å². The number of aliphatic imine (C=N–C) groups is 1. The smallest absolute Gasteiger partial charge is 0.191 e. The second-order valence-electron chi connectivity index (χ2n) is 5.97. The summed E-state index contributed by atoms with van der Waals surface area (Å²) in [5.74, 6) is 1.53. The summed E-state index contributed by atoms with van der Waals surface area (Å²) in [6.07, 6.45) is 8.77. The van der Waals surface area contributed by atoms with Gasteiger partial charge < -0.3 is 24.7 Å². The van der Waals surface area contributed by atoms with Gasteiger partial charge in [-0.2, -0.15) is 0 Å². The van der Waals surface area contributed by atoms with Crippen molar-refractivity contribution in [3.05, 3.63) is 18.7 Å². The molecule has 7 nitrogen and oxygen atoms in total. The van der Waals surface area contributed by atoms with Gasteiger partial charge in [-0.3, -0.25) is 4.99 Å². The van der Waals surface area contributed by atoms with E-state index >= 15 is 0 Å². The summed E-state index contributed by atoms with van der Waals surface area (Å²) < 4.78 is 13.2. The van der Waals surface area contributed by atoms with Crippen LogP contribution in [-0.4, -0.2) is 61.6 Å². The lowest BCUT2D eigenvalue weighted by Crippen LogP contribution is -2.38. The average Bonchev–Trinajstić information content (AvgIpc) is 3.12. The van der Waals surface area contributed by atoms with E-state index in [0.29, 0.717) is 5.92 Å². The molecule has 0 unspecified atom stereocenters. The quantitative estimate of drug-likeness (QED) is 0.382. The maximum absolute atomic E-state index is 5.77. The summed E-state index contributed by atoms with van der Waals surface area (Å²) in [4.78, 5) is 8.62. The van der Waals surface area contributed by atoms with Crippen molar-refractivity contribution in [2.75, 3.05) is 46.1 Å². The number of nitrogens with one attached hydrogen (secondary N) is 2.